The fourth-order valence-electron chi connectivity index (χ4n) is 7.80. The summed E-state index contributed by atoms with van der Waals surface area (Å²) in [6.45, 7) is 6.54. The van der Waals surface area contributed by atoms with Crippen LogP contribution in [0.15, 0.2) is 12.2 Å². The van der Waals surface area contributed by atoms with Crippen LogP contribution in [0.3, 0.4) is 0 Å². The predicted octanol–water partition coefficient (Wildman–Crippen LogP) is 17.0. The molecule has 0 saturated carbocycles. The molecule has 6 nitrogen and oxygen atoms in total. The molecule has 0 bridgehead atoms. The van der Waals surface area contributed by atoms with Gasteiger partial charge in [-0.2, -0.15) is 0 Å². The van der Waals surface area contributed by atoms with Crippen LogP contribution >= 0.6 is 0 Å². The van der Waals surface area contributed by atoms with Gasteiger partial charge in [-0.3, -0.25) is 14.4 Å². The number of ether oxygens (including phenoxy) is 3. The number of allylic oxidation sites excluding steroid dienone is 2. The van der Waals surface area contributed by atoms with Gasteiger partial charge in [0.05, 0.1) is 0 Å². The van der Waals surface area contributed by atoms with E-state index in [2.05, 4.69) is 32.9 Å². The molecule has 0 fully saturated rings. The number of carbonyl (C=O) groups excluding carboxylic acids is 3. The second kappa shape index (κ2) is 48.8. The molecule has 1 unspecified atom stereocenters. The molecule has 0 rings (SSSR count). The highest BCUT2D eigenvalue weighted by molar-refractivity contribution is 5.71. The molecule has 0 amide bonds. The average molecular weight is 833 g/mol. The summed E-state index contributed by atoms with van der Waals surface area (Å²) >= 11 is 0. The first-order chi connectivity index (χ1) is 29.0. The molecule has 0 aliphatic carbocycles. The fourth-order valence-corrected chi connectivity index (χ4v) is 7.80. The van der Waals surface area contributed by atoms with E-state index in [0.717, 1.165) is 77.0 Å². The molecule has 6 heteroatoms. The Bertz CT molecular complexity index is 916. The Balaban J connectivity index is 3.97. The minimum absolute atomic E-state index is 0.0696. The molecule has 0 aromatic heterocycles. The molecule has 1 atom stereocenters. The van der Waals surface area contributed by atoms with Crippen molar-refractivity contribution in [3.63, 3.8) is 0 Å². The Hall–Kier alpha value is -1.85. The van der Waals surface area contributed by atoms with E-state index in [1.54, 1.807) is 0 Å². The van der Waals surface area contributed by atoms with E-state index in [4.69, 9.17) is 14.2 Å². The molecular weight excluding hydrogens is 733 g/mol. The van der Waals surface area contributed by atoms with Gasteiger partial charge in [0, 0.05) is 19.3 Å². The number of rotatable bonds is 48. The van der Waals surface area contributed by atoms with Crippen LogP contribution < -0.4 is 0 Å². The largest absolute Gasteiger partial charge is 0.462 e. The zero-order valence-corrected chi connectivity index (χ0v) is 39.8. The third kappa shape index (κ3) is 47.1. The predicted molar refractivity (Wildman–Crippen MR) is 252 cm³/mol. The monoisotopic (exact) mass is 833 g/mol. The summed E-state index contributed by atoms with van der Waals surface area (Å²) in [5.41, 5.74) is 0. The molecule has 0 N–H and O–H groups in total. The van der Waals surface area contributed by atoms with Crippen LogP contribution in [0.4, 0.5) is 0 Å². The van der Waals surface area contributed by atoms with Crippen molar-refractivity contribution in [2.45, 2.75) is 297 Å². The third-order valence-electron chi connectivity index (χ3n) is 11.8. The van der Waals surface area contributed by atoms with E-state index in [1.807, 2.05) is 0 Å². The van der Waals surface area contributed by atoms with Gasteiger partial charge in [-0.05, 0) is 38.5 Å². The molecule has 0 aliphatic rings. The first-order valence-electron chi connectivity index (χ1n) is 26.2. The summed E-state index contributed by atoms with van der Waals surface area (Å²) < 4.78 is 16.7. The highest BCUT2D eigenvalue weighted by Gasteiger charge is 2.19. The van der Waals surface area contributed by atoms with E-state index in [1.165, 1.54) is 173 Å². The molecule has 0 aromatic rings. The normalized spacial score (nSPS) is 12.0. The summed E-state index contributed by atoms with van der Waals surface area (Å²) in [4.78, 5) is 37.6. The quantitative estimate of drug-likeness (QED) is 0.0263. The first-order valence-corrected chi connectivity index (χ1v) is 26.2. The number of hydrogen-bond acceptors (Lipinski definition) is 6. The van der Waals surface area contributed by atoms with E-state index < -0.39 is 6.10 Å². The van der Waals surface area contributed by atoms with Crippen molar-refractivity contribution in [1.82, 2.24) is 0 Å². The number of esters is 3. The summed E-state index contributed by atoms with van der Waals surface area (Å²) in [5.74, 6) is -0.878. The van der Waals surface area contributed by atoms with Gasteiger partial charge in [0.15, 0.2) is 6.10 Å². The molecule has 0 aromatic carbocycles. The maximum absolute atomic E-state index is 12.7. The van der Waals surface area contributed by atoms with Gasteiger partial charge in [-0.1, -0.05) is 245 Å². The van der Waals surface area contributed by atoms with E-state index in [-0.39, 0.29) is 31.1 Å². The topological polar surface area (TPSA) is 78.9 Å². The minimum atomic E-state index is -0.765. The lowest BCUT2D eigenvalue weighted by Gasteiger charge is -2.18. The molecule has 0 radical (unpaired) electrons. The molecule has 348 valence electrons. The van der Waals surface area contributed by atoms with Crippen molar-refractivity contribution in [2.75, 3.05) is 13.2 Å². The van der Waals surface area contributed by atoms with Gasteiger partial charge in [0.1, 0.15) is 13.2 Å². The van der Waals surface area contributed by atoms with Crippen LogP contribution in [0, 0.1) is 0 Å². The molecule has 0 spiro atoms. The maximum atomic E-state index is 12.7. The fraction of sp³-hybridized carbons (Fsp3) is 0.906. The van der Waals surface area contributed by atoms with Crippen molar-refractivity contribution >= 4 is 17.9 Å². The Morgan fingerprint density at radius 2 is 0.593 bits per heavy atom. The Kier molecular flexibility index (Phi) is 47.3. The van der Waals surface area contributed by atoms with Crippen LogP contribution in [0.25, 0.3) is 0 Å². The van der Waals surface area contributed by atoms with E-state index >= 15 is 0 Å². The van der Waals surface area contributed by atoms with Crippen molar-refractivity contribution < 1.29 is 28.6 Å². The number of hydrogen-bond donors (Lipinski definition) is 0. The zero-order chi connectivity index (χ0) is 43.0. The molecule has 0 aliphatic heterocycles. The first kappa shape index (κ1) is 57.1. The number of unbranched alkanes of at least 4 members (excludes halogenated alkanes) is 35. The van der Waals surface area contributed by atoms with Crippen LogP contribution in [-0.2, 0) is 28.6 Å². The highest BCUT2D eigenvalue weighted by atomic mass is 16.6. The minimum Gasteiger partial charge on any atom is -0.462 e. The van der Waals surface area contributed by atoms with Crippen LogP contribution in [-0.4, -0.2) is 37.2 Å². The third-order valence-corrected chi connectivity index (χ3v) is 11.8. The standard InChI is InChI=1S/C53H100O6/c1-4-7-10-13-16-18-20-21-22-23-24-25-26-27-28-29-30-31-32-33-34-36-37-40-43-46-52(55)58-49-50(48-57-51(54)45-42-39-15-12-9-6-3)59-53(56)47-44-41-38-35-19-17-14-11-8-5-2/h11,14,50H,4-10,12-13,15-49H2,1-3H3/b14-11-. The van der Waals surface area contributed by atoms with Gasteiger partial charge < -0.3 is 14.2 Å². The van der Waals surface area contributed by atoms with Crippen molar-refractivity contribution in [3.8, 4) is 0 Å². The van der Waals surface area contributed by atoms with Gasteiger partial charge in [-0.25, -0.2) is 0 Å². The summed E-state index contributed by atoms with van der Waals surface area (Å²) in [6.07, 6.45) is 53.9. The number of carbonyl (C=O) groups is 3. The molecular formula is C53H100O6. The zero-order valence-electron chi connectivity index (χ0n) is 39.8. The van der Waals surface area contributed by atoms with Crippen molar-refractivity contribution in [3.05, 3.63) is 12.2 Å². The average Bonchev–Trinajstić information content (AvgIpc) is 3.23. The van der Waals surface area contributed by atoms with Crippen LogP contribution in [0.5, 0.6) is 0 Å². The van der Waals surface area contributed by atoms with Crippen molar-refractivity contribution in [1.29, 1.82) is 0 Å². The van der Waals surface area contributed by atoms with E-state index in [0.29, 0.717) is 19.3 Å². The summed E-state index contributed by atoms with van der Waals surface area (Å²) in [6, 6.07) is 0. The maximum Gasteiger partial charge on any atom is 0.306 e. The molecule has 59 heavy (non-hydrogen) atoms. The Morgan fingerprint density at radius 1 is 0.322 bits per heavy atom. The highest BCUT2D eigenvalue weighted by Crippen LogP contribution is 2.17. The molecule has 0 heterocycles. The van der Waals surface area contributed by atoms with Crippen LogP contribution in [0.1, 0.15) is 290 Å². The lowest BCUT2D eigenvalue weighted by molar-refractivity contribution is -0.167. The Labute approximate surface area is 367 Å². The van der Waals surface area contributed by atoms with Gasteiger partial charge in [-0.15, -0.1) is 0 Å². The Morgan fingerprint density at radius 3 is 0.915 bits per heavy atom. The molecule has 0 saturated heterocycles. The smallest absolute Gasteiger partial charge is 0.306 e. The van der Waals surface area contributed by atoms with Gasteiger partial charge >= 0.3 is 17.9 Å². The van der Waals surface area contributed by atoms with Gasteiger partial charge in [0.2, 0.25) is 0 Å². The summed E-state index contributed by atoms with van der Waals surface area (Å²) in [5, 5.41) is 0. The van der Waals surface area contributed by atoms with Gasteiger partial charge in [0.25, 0.3) is 0 Å². The second-order valence-electron chi connectivity index (χ2n) is 17.8. The summed E-state index contributed by atoms with van der Waals surface area (Å²) in [7, 11) is 0. The van der Waals surface area contributed by atoms with E-state index in [9.17, 15) is 14.4 Å². The lowest BCUT2D eigenvalue weighted by atomic mass is 10.0. The SMILES string of the molecule is CCC/C=C\CCCCCCCC(=O)OC(COC(=O)CCCCCCCC)COC(=O)CCCCCCCCCCCCCCCCCCCCCCCCCCC. The lowest BCUT2D eigenvalue weighted by Crippen LogP contribution is -2.30. The van der Waals surface area contributed by atoms with Crippen LogP contribution in [0.2, 0.25) is 0 Å². The second-order valence-corrected chi connectivity index (χ2v) is 17.8. The van der Waals surface area contributed by atoms with Crippen molar-refractivity contribution in [2.24, 2.45) is 0 Å².